The normalized spacial score (nSPS) is 21.0. The molecule has 2 rings (SSSR count). The van der Waals surface area contributed by atoms with E-state index < -0.39 is 0 Å². The van der Waals surface area contributed by atoms with Gasteiger partial charge in [0.2, 0.25) is 0 Å². The third-order valence-corrected chi connectivity index (χ3v) is 4.11. The van der Waals surface area contributed by atoms with Crippen molar-refractivity contribution >= 4 is 11.8 Å². The van der Waals surface area contributed by atoms with Crippen molar-refractivity contribution in [2.75, 3.05) is 25.5 Å². The summed E-state index contributed by atoms with van der Waals surface area (Å²) >= 11 is 1.92. The molecule has 1 unspecified atom stereocenters. The van der Waals surface area contributed by atoms with E-state index in [0.29, 0.717) is 6.04 Å². The maximum absolute atomic E-state index is 5.44. The summed E-state index contributed by atoms with van der Waals surface area (Å²) in [7, 11) is 0. The molecule has 1 aliphatic rings. The first kappa shape index (κ1) is 12.0. The summed E-state index contributed by atoms with van der Waals surface area (Å²) in [6.07, 6.45) is 0. The van der Waals surface area contributed by atoms with Crippen LogP contribution in [0.4, 0.5) is 0 Å². The lowest BCUT2D eigenvalue weighted by molar-refractivity contribution is 0.0837. The molecule has 1 saturated heterocycles. The second kappa shape index (κ2) is 5.71. The number of nitrogens with one attached hydrogen (secondary N) is 1. The zero-order valence-electron chi connectivity index (χ0n) is 9.95. The summed E-state index contributed by atoms with van der Waals surface area (Å²) in [6.45, 7) is 7.00. The van der Waals surface area contributed by atoms with Crippen LogP contribution in [0.25, 0.3) is 0 Å². The molecule has 1 atom stereocenters. The molecular formula is C13H19NOS. The minimum atomic E-state index is 0.499. The van der Waals surface area contributed by atoms with E-state index in [1.165, 1.54) is 16.0 Å². The van der Waals surface area contributed by atoms with Gasteiger partial charge in [-0.2, -0.15) is 0 Å². The molecular weight excluding hydrogens is 218 g/mol. The molecule has 0 bridgehead atoms. The quantitative estimate of drug-likeness (QED) is 0.816. The molecule has 1 aromatic rings. The van der Waals surface area contributed by atoms with E-state index in [2.05, 4.69) is 37.4 Å². The molecule has 0 spiro atoms. The van der Waals surface area contributed by atoms with Crippen LogP contribution >= 0.6 is 11.8 Å². The van der Waals surface area contributed by atoms with Crippen molar-refractivity contribution in [3.63, 3.8) is 0 Å². The molecule has 1 aliphatic heterocycles. The van der Waals surface area contributed by atoms with Crippen LogP contribution in [0.15, 0.2) is 23.1 Å². The van der Waals surface area contributed by atoms with Gasteiger partial charge >= 0.3 is 0 Å². The van der Waals surface area contributed by atoms with Crippen LogP contribution in [0.1, 0.15) is 11.1 Å². The number of ether oxygens (including phenoxy) is 1. The van der Waals surface area contributed by atoms with Gasteiger partial charge in [0.15, 0.2) is 0 Å². The monoisotopic (exact) mass is 237 g/mol. The van der Waals surface area contributed by atoms with E-state index in [-0.39, 0.29) is 0 Å². The van der Waals surface area contributed by atoms with Crippen LogP contribution in [0.2, 0.25) is 0 Å². The average Bonchev–Trinajstić information content (AvgIpc) is 2.29. The van der Waals surface area contributed by atoms with Crippen molar-refractivity contribution in [3.05, 3.63) is 29.3 Å². The number of hydrogen-bond acceptors (Lipinski definition) is 3. The van der Waals surface area contributed by atoms with E-state index in [1.807, 2.05) is 11.8 Å². The summed E-state index contributed by atoms with van der Waals surface area (Å²) in [6, 6.07) is 7.14. The van der Waals surface area contributed by atoms with Crippen LogP contribution in [0.5, 0.6) is 0 Å². The number of benzene rings is 1. The third kappa shape index (κ3) is 3.24. The van der Waals surface area contributed by atoms with Crippen LogP contribution in [0.3, 0.4) is 0 Å². The van der Waals surface area contributed by atoms with Crippen LogP contribution < -0.4 is 5.32 Å². The van der Waals surface area contributed by atoms with Gasteiger partial charge in [-0.1, -0.05) is 17.7 Å². The highest BCUT2D eigenvalue weighted by Crippen LogP contribution is 2.24. The molecule has 2 nitrogen and oxygen atoms in total. The van der Waals surface area contributed by atoms with Gasteiger partial charge in [-0.25, -0.2) is 0 Å². The minimum absolute atomic E-state index is 0.499. The van der Waals surface area contributed by atoms with Crippen molar-refractivity contribution in [1.82, 2.24) is 5.32 Å². The van der Waals surface area contributed by atoms with Gasteiger partial charge in [0.25, 0.3) is 0 Å². The first-order valence-electron chi connectivity index (χ1n) is 5.77. The van der Waals surface area contributed by atoms with Gasteiger partial charge in [-0.05, 0) is 25.5 Å². The van der Waals surface area contributed by atoms with E-state index in [1.54, 1.807) is 0 Å². The summed E-state index contributed by atoms with van der Waals surface area (Å²) in [4.78, 5) is 1.39. The van der Waals surface area contributed by atoms with Crippen molar-refractivity contribution in [2.24, 2.45) is 0 Å². The number of thioether (sulfide) groups is 1. The van der Waals surface area contributed by atoms with E-state index in [9.17, 15) is 0 Å². The summed E-state index contributed by atoms with van der Waals surface area (Å²) < 4.78 is 5.44. The van der Waals surface area contributed by atoms with E-state index >= 15 is 0 Å². The Hall–Kier alpha value is -0.510. The van der Waals surface area contributed by atoms with Gasteiger partial charge in [0.1, 0.15) is 0 Å². The fourth-order valence-corrected chi connectivity index (χ4v) is 2.92. The molecule has 1 fully saturated rings. The summed E-state index contributed by atoms with van der Waals surface area (Å²) in [5, 5.41) is 3.47. The predicted octanol–water partition coefficient (Wildman–Crippen LogP) is 2.38. The number of morpholine rings is 1. The zero-order chi connectivity index (χ0) is 11.4. The fourth-order valence-electron chi connectivity index (χ4n) is 1.88. The summed E-state index contributed by atoms with van der Waals surface area (Å²) in [5.41, 5.74) is 2.71. The molecule has 0 saturated carbocycles. The molecule has 0 amide bonds. The number of rotatable bonds is 3. The SMILES string of the molecule is Cc1ccc(SCC2COCCN2)c(C)c1. The topological polar surface area (TPSA) is 21.3 Å². The van der Waals surface area contributed by atoms with Gasteiger partial charge in [-0.3, -0.25) is 0 Å². The maximum atomic E-state index is 5.44. The Kier molecular flexibility index (Phi) is 4.27. The highest BCUT2D eigenvalue weighted by Gasteiger charge is 2.13. The Balaban J connectivity index is 1.88. The standard InChI is InChI=1S/C13H19NOS/c1-10-3-4-13(11(2)7-10)16-9-12-8-15-6-5-14-12/h3-4,7,12,14H,5-6,8-9H2,1-2H3. The lowest BCUT2D eigenvalue weighted by Crippen LogP contribution is -2.42. The van der Waals surface area contributed by atoms with Crippen molar-refractivity contribution in [3.8, 4) is 0 Å². The second-order valence-corrected chi connectivity index (χ2v) is 5.37. The van der Waals surface area contributed by atoms with E-state index in [0.717, 1.165) is 25.5 Å². The number of hydrogen-bond donors (Lipinski definition) is 1. The van der Waals surface area contributed by atoms with Crippen LogP contribution in [-0.2, 0) is 4.74 Å². The Morgan fingerprint density at radius 2 is 2.31 bits per heavy atom. The Morgan fingerprint density at radius 3 is 3.00 bits per heavy atom. The smallest absolute Gasteiger partial charge is 0.0628 e. The van der Waals surface area contributed by atoms with Crippen molar-refractivity contribution in [1.29, 1.82) is 0 Å². The van der Waals surface area contributed by atoms with Crippen LogP contribution in [0, 0.1) is 13.8 Å². The maximum Gasteiger partial charge on any atom is 0.0628 e. The van der Waals surface area contributed by atoms with Crippen molar-refractivity contribution in [2.45, 2.75) is 24.8 Å². The molecule has 1 heterocycles. The molecule has 1 aromatic carbocycles. The fraction of sp³-hybridized carbons (Fsp3) is 0.538. The minimum Gasteiger partial charge on any atom is -0.378 e. The molecule has 16 heavy (non-hydrogen) atoms. The van der Waals surface area contributed by atoms with Gasteiger partial charge < -0.3 is 10.1 Å². The van der Waals surface area contributed by atoms with E-state index in [4.69, 9.17) is 4.74 Å². The zero-order valence-corrected chi connectivity index (χ0v) is 10.8. The predicted molar refractivity (Wildman–Crippen MR) is 69.2 cm³/mol. The van der Waals surface area contributed by atoms with Crippen molar-refractivity contribution < 1.29 is 4.74 Å². The molecule has 3 heteroatoms. The molecule has 0 radical (unpaired) electrons. The van der Waals surface area contributed by atoms with Gasteiger partial charge in [-0.15, -0.1) is 11.8 Å². The Morgan fingerprint density at radius 1 is 1.44 bits per heavy atom. The molecule has 0 aliphatic carbocycles. The molecule has 88 valence electrons. The number of aryl methyl sites for hydroxylation is 2. The van der Waals surface area contributed by atoms with Gasteiger partial charge in [0.05, 0.1) is 13.2 Å². The summed E-state index contributed by atoms with van der Waals surface area (Å²) in [5.74, 6) is 1.09. The first-order valence-corrected chi connectivity index (χ1v) is 6.75. The Bertz CT molecular complexity index is 348. The van der Waals surface area contributed by atoms with Gasteiger partial charge in [0, 0.05) is 23.2 Å². The lowest BCUT2D eigenvalue weighted by Gasteiger charge is -2.23. The second-order valence-electron chi connectivity index (χ2n) is 4.31. The highest BCUT2D eigenvalue weighted by molar-refractivity contribution is 7.99. The molecule has 1 N–H and O–H groups in total. The lowest BCUT2D eigenvalue weighted by atomic mass is 10.2. The van der Waals surface area contributed by atoms with Crippen LogP contribution in [-0.4, -0.2) is 31.6 Å². The average molecular weight is 237 g/mol. The molecule has 0 aromatic heterocycles. The first-order chi connectivity index (χ1) is 7.75. The highest BCUT2D eigenvalue weighted by atomic mass is 32.2. The Labute approximate surface area is 102 Å². The largest absolute Gasteiger partial charge is 0.378 e. The third-order valence-electron chi connectivity index (χ3n) is 2.77.